The third-order valence-electron chi connectivity index (χ3n) is 12.1. The summed E-state index contributed by atoms with van der Waals surface area (Å²) >= 11 is 0. The zero-order valence-corrected chi connectivity index (χ0v) is 29.7. The Morgan fingerprint density at radius 1 is 1.08 bits per heavy atom. The van der Waals surface area contributed by atoms with E-state index in [0.29, 0.717) is 52.8 Å². The van der Waals surface area contributed by atoms with Gasteiger partial charge in [-0.3, -0.25) is 4.90 Å². The number of hydrogen-bond acceptors (Lipinski definition) is 9. The molecule has 52 heavy (non-hydrogen) atoms. The first kappa shape index (κ1) is 33.7. The Bertz CT molecular complexity index is 2080. The molecule has 4 aromatic rings. The van der Waals surface area contributed by atoms with Crippen molar-refractivity contribution < 1.29 is 23.4 Å². The van der Waals surface area contributed by atoms with E-state index in [-0.39, 0.29) is 51.7 Å². The van der Waals surface area contributed by atoms with Gasteiger partial charge in [0.25, 0.3) is 0 Å². The van der Waals surface area contributed by atoms with E-state index in [9.17, 15) is 5.11 Å². The zero-order chi connectivity index (χ0) is 35.6. The van der Waals surface area contributed by atoms with E-state index in [2.05, 4.69) is 28.4 Å². The van der Waals surface area contributed by atoms with Gasteiger partial charge in [0.1, 0.15) is 35.2 Å². The highest BCUT2D eigenvalue weighted by Gasteiger charge is 2.50. The van der Waals surface area contributed by atoms with Crippen LogP contribution in [0.5, 0.6) is 11.8 Å². The van der Waals surface area contributed by atoms with Crippen molar-refractivity contribution in [2.24, 2.45) is 5.92 Å². The highest BCUT2D eigenvalue weighted by atomic mass is 19.1. The summed E-state index contributed by atoms with van der Waals surface area (Å²) in [6.45, 7) is 5.17. The summed E-state index contributed by atoms with van der Waals surface area (Å²) in [5.74, 6) is 2.26. The quantitative estimate of drug-likeness (QED) is 0.136. The van der Waals surface area contributed by atoms with E-state index in [1.54, 1.807) is 0 Å². The molecule has 3 N–H and O–H groups in total. The Labute approximate surface area is 302 Å². The molecule has 2 aromatic carbocycles. The molecule has 272 valence electrons. The van der Waals surface area contributed by atoms with Crippen LogP contribution in [0.2, 0.25) is 0 Å². The molecule has 2 saturated heterocycles. The number of aryl methyl sites for hydroxylation is 1. The predicted octanol–water partition coefficient (Wildman–Crippen LogP) is 6.87. The molecule has 0 amide bonds. The number of phenols is 1. The second-order valence-electron chi connectivity index (χ2n) is 15.7. The minimum atomic E-state index is -0.704. The van der Waals surface area contributed by atoms with Crippen LogP contribution >= 0.6 is 0 Å². The summed E-state index contributed by atoms with van der Waals surface area (Å²) in [4.78, 5) is 17.2. The number of halogens is 2. The van der Waals surface area contributed by atoms with Crippen molar-refractivity contribution in [2.75, 3.05) is 31.7 Å². The van der Waals surface area contributed by atoms with E-state index in [4.69, 9.17) is 30.8 Å². The lowest BCUT2D eigenvalue weighted by Crippen LogP contribution is -2.48. The number of aromatic hydroxyl groups is 1. The first-order valence-electron chi connectivity index (χ1n) is 19.2. The van der Waals surface area contributed by atoms with Crippen LogP contribution in [0.25, 0.3) is 32.9 Å². The fraction of sp³-hybridized carbons (Fsp3) is 0.537. The zero-order valence-electron chi connectivity index (χ0n) is 29.7. The lowest BCUT2D eigenvalue weighted by Gasteiger charge is -2.34. The van der Waals surface area contributed by atoms with Crippen molar-refractivity contribution in [3.05, 3.63) is 47.2 Å². The van der Waals surface area contributed by atoms with Crippen molar-refractivity contribution in [3.63, 3.8) is 0 Å². The molecule has 2 saturated carbocycles. The topological polar surface area (TPSA) is 105 Å². The Balaban J connectivity index is 1.11. The molecule has 2 aromatic heterocycles. The van der Waals surface area contributed by atoms with Crippen LogP contribution < -0.4 is 15.4 Å². The van der Waals surface area contributed by atoms with Crippen LogP contribution in [-0.4, -0.2) is 81.0 Å². The van der Waals surface area contributed by atoms with Gasteiger partial charge in [-0.1, -0.05) is 18.9 Å². The van der Waals surface area contributed by atoms with Crippen molar-refractivity contribution >= 4 is 27.5 Å². The summed E-state index contributed by atoms with van der Waals surface area (Å²) in [6.07, 6.45) is 17.0. The highest BCUT2D eigenvalue weighted by molar-refractivity contribution is 6.03. The van der Waals surface area contributed by atoms with Crippen molar-refractivity contribution in [1.82, 2.24) is 25.2 Å². The first-order chi connectivity index (χ1) is 25.3. The van der Waals surface area contributed by atoms with Crippen LogP contribution in [0.4, 0.5) is 14.6 Å². The van der Waals surface area contributed by atoms with Crippen LogP contribution in [0.15, 0.2) is 24.3 Å². The summed E-state index contributed by atoms with van der Waals surface area (Å²) in [5.41, 5.74) is 0.709. The molecule has 4 atom stereocenters. The van der Waals surface area contributed by atoms with Gasteiger partial charge in [-0.25, -0.2) is 13.8 Å². The number of terminal acetylenes is 1. The largest absolute Gasteiger partial charge is 0.508 e. The van der Waals surface area contributed by atoms with Gasteiger partial charge in [0.2, 0.25) is 0 Å². The number of nitrogens with one attached hydrogen (secondary N) is 2. The molecular formula is C41H46F2N6O3. The van der Waals surface area contributed by atoms with Gasteiger partial charge >= 0.3 is 6.01 Å². The van der Waals surface area contributed by atoms with Crippen LogP contribution in [0.1, 0.15) is 82.4 Å². The maximum atomic E-state index is 17.2. The maximum Gasteiger partial charge on any atom is 0.319 e. The molecule has 9 nitrogen and oxygen atoms in total. The predicted molar refractivity (Wildman–Crippen MR) is 196 cm³/mol. The van der Waals surface area contributed by atoms with Gasteiger partial charge in [-0.15, -0.1) is 6.42 Å². The summed E-state index contributed by atoms with van der Waals surface area (Å²) in [5, 5.41) is 19.5. The van der Waals surface area contributed by atoms with Crippen LogP contribution in [0.3, 0.4) is 0 Å². The fourth-order valence-electron chi connectivity index (χ4n) is 9.06. The number of benzene rings is 2. The van der Waals surface area contributed by atoms with Crippen molar-refractivity contribution in [3.8, 4) is 35.4 Å². The second kappa shape index (κ2) is 13.4. The van der Waals surface area contributed by atoms with Gasteiger partial charge in [0.05, 0.1) is 28.8 Å². The number of phenolic OH excluding ortho intramolecular Hbond substituents is 1. The van der Waals surface area contributed by atoms with Crippen LogP contribution in [0, 0.1) is 29.9 Å². The Hall–Kier alpha value is -4.11. The number of nitrogens with zero attached hydrogens (tertiary/aromatic N) is 4. The maximum absolute atomic E-state index is 17.2. The fourth-order valence-corrected chi connectivity index (χ4v) is 9.06. The smallest absolute Gasteiger partial charge is 0.319 e. The van der Waals surface area contributed by atoms with E-state index >= 15 is 8.78 Å². The lowest BCUT2D eigenvalue weighted by molar-refractivity contribution is 0.0334. The van der Waals surface area contributed by atoms with Gasteiger partial charge < -0.3 is 25.2 Å². The average molecular weight is 709 g/mol. The summed E-state index contributed by atoms with van der Waals surface area (Å²) in [7, 11) is 0. The molecule has 3 aliphatic heterocycles. The van der Waals surface area contributed by atoms with Gasteiger partial charge in [0, 0.05) is 41.7 Å². The summed E-state index contributed by atoms with van der Waals surface area (Å²) < 4.78 is 44.9. The summed E-state index contributed by atoms with van der Waals surface area (Å²) in [6, 6.07) is 6.84. The second-order valence-corrected chi connectivity index (χ2v) is 15.7. The molecule has 5 heterocycles. The molecule has 0 radical (unpaired) electrons. The molecule has 9 rings (SSSR count). The Morgan fingerprint density at radius 2 is 1.94 bits per heavy atom. The van der Waals surface area contributed by atoms with Crippen LogP contribution in [-0.2, 0) is 11.2 Å². The molecule has 0 unspecified atom stereocenters. The van der Waals surface area contributed by atoms with E-state index < -0.39 is 11.6 Å². The minimum Gasteiger partial charge on any atom is -0.508 e. The number of anilines is 1. The minimum absolute atomic E-state index is 0.0103. The molecule has 4 fully saturated rings. The molecule has 5 aliphatic rings. The first-order valence-corrected chi connectivity index (χ1v) is 19.2. The van der Waals surface area contributed by atoms with Crippen molar-refractivity contribution in [2.45, 2.75) is 107 Å². The number of hydrogen-bond donors (Lipinski definition) is 3. The number of pyridine rings is 1. The number of rotatable bonds is 12. The Morgan fingerprint density at radius 3 is 2.73 bits per heavy atom. The van der Waals surface area contributed by atoms with Crippen molar-refractivity contribution in [1.29, 1.82) is 0 Å². The van der Waals surface area contributed by atoms with E-state index in [0.717, 1.165) is 64.2 Å². The van der Waals surface area contributed by atoms with Gasteiger partial charge in [-0.05, 0) is 107 Å². The van der Waals surface area contributed by atoms with E-state index in [1.807, 2.05) is 0 Å². The Kier molecular flexibility index (Phi) is 8.68. The number of aromatic nitrogens is 3. The highest BCUT2D eigenvalue weighted by Crippen LogP contribution is 2.44. The molecule has 2 aliphatic carbocycles. The monoisotopic (exact) mass is 708 g/mol. The third kappa shape index (κ3) is 6.12. The standard InChI is InChI=1S/C41H46F2N6O3/c1-3-28-30(42)11-8-24-18-27(50)19-29(34(24)28)37-36(43)38-35-33(45-37)13-12-32(31(4-2)44-25-9-10-25)46-39(35)48-40(47-38)52-22-41-15-5-17-49(41)26(14-16-41)21-51-20-23-6-7-23/h1,8,11,18-19,23,25-26,31-32,44,50H,4-7,9-10,12-17,20-22H2,2H3,(H,46,47,48)/t26-,31-,32+,41-/m0/s1. The molecule has 0 bridgehead atoms. The number of fused-ring (bicyclic) bond motifs is 2. The molecule has 0 spiro atoms. The normalized spacial score (nSPS) is 24.8. The third-order valence-corrected chi connectivity index (χ3v) is 12.1. The lowest BCUT2D eigenvalue weighted by atomic mass is 9.95. The molecule has 11 heteroatoms. The SMILES string of the molecule is C#Cc1c(F)ccc2cc(O)cc(-c3nc4c5c(nc(OC[C@@]67CCCN6[C@H](COCC6CC6)CC7)nc5c3F)N[C@@H]([C@H](CC)NC3CC3)CC4)c12. The average Bonchev–Trinajstić information content (AvgIpc) is 4.07. The van der Waals surface area contributed by atoms with Gasteiger partial charge in [-0.2, -0.15) is 9.97 Å². The van der Waals surface area contributed by atoms with Gasteiger partial charge in [0.15, 0.2) is 5.82 Å². The van der Waals surface area contributed by atoms with E-state index in [1.165, 1.54) is 49.9 Å². The number of ether oxygens (including phenoxy) is 2. The molecular weight excluding hydrogens is 662 g/mol.